The van der Waals surface area contributed by atoms with E-state index in [-0.39, 0.29) is 0 Å². The largest absolute Gasteiger partial charge is 0.384 e. The minimum atomic E-state index is 0.592. The minimum absolute atomic E-state index is 0.592. The number of hydrogen-bond donors (Lipinski definition) is 1. The fourth-order valence-corrected chi connectivity index (χ4v) is 1.90. The van der Waals surface area contributed by atoms with Gasteiger partial charge in [-0.3, -0.25) is 4.90 Å². The Balaban J connectivity index is 2.53. The molecule has 3 nitrogen and oxygen atoms in total. The van der Waals surface area contributed by atoms with Gasteiger partial charge in [-0.2, -0.15) is 0 Å². The molecular weight excluding hydrogens is 198 g/mol. The van der Waals surface area contributed by atoms with Crippen molar-refractivity contribution in [1.82, 2.24) is 9.88 Å². The van der Waals surface area contributed by atoms with Crippen LogP contribution in [0.1, 0.15) is 32.8 Å². The number of aromatic nitrogens is 1. The van der Waals surface area contributed by atoms with Crippen molar-refractivity contribution in [3.05, 3.63) is 23.9 Å². The Kier molecular flexibility index (Phi) is 4.74. The van der Waals surface area contributed by atoms with E-state index in [0.29, 0.717) is 11.9 Å². The van der Waals surface area contributed by atoms with E-state index in [1.807, 2.05) is 12.1 Å². The van der Waals surface area contributed by atoms with Crippen LogP contribution in [0.25, 0.3) is 0 Å². The standard InChI is InChI=1S/C13H23N3/c1-10(2)7-11(3)16(4)9-12-5-6-15-13(14)8-12/h5-6,8,10-11H,7,9H2,1-4H3,(H2,14,15). The first-order valence-electron chi connectivity index (χ1n) is 5.89. The van der Waals surface area contributed by atoms with Crippen molar-refractivity contribution in [3.63, 3.8) is 0 Å². The third kappa shape index (κ3) is 4.19. The predicted octanol–water partition coefficient (Wildman–Crippen LogP) is 2.53. The van der Waals surface area contributed by atoms with Crippen molar-refractivity contribution >= 4 is 5.82 Å². The Labute approximate surface area is 98.7 Å². The molecule has 90 valence electrons. The van der Waals surface area contributed by atoms with E-state index in [0.717, 1.165) is 12.5 Å². The van der Waals surface area contributed by atoms with E-state index in [2.05, 4.69) is 37.7 Å². The van der Waals surface area contributed by atoms with E-state index < -0.39 is 0 Å². The molecule has 1 unspecified atom stereocenters. The van der Waals surface area contributed by atoms with Crippen molar-refractivity contribution in [2.45, 2.75) is 39.8 Å². The van der Waals surface area contributed by atoms with Crippen LogP contribution >= 0.6 is 0 Å². The lowest BCUT2D eigenvalue weighted by Gasteiger charge is -2.26. The number of rotatable bonds is 5. The predicted molar refractivity (Wildman–Crippen MR) is 69.0 cm³/mol. The maximum absolute atomic E-state index is 5.66. The Morgan fingerprint density at radius 1 is 1.38 bits per heavy atom. The summed E-state index contributed by atoms with van der Waals surface area (Å²) >= 11 is 0. The molecule has 16 heavy (non-hydrogen) atoms. The number of anilines is 1. The summed E-state index contributed by atoms with van der Waals surface area (Å²) in [5, 5.41) is 0. The monoisotopic (exact) mass is 221 g/mol. The first kappa shape index (κ1) is 13.0. The molecule has 0 amide bonds. The normalized spacial score (nSPS) is 13.4. The molecule has 0 fully saturated rings. The Morgan fingerprint density at radius 3 is 2.62 bits per heavy atom. The lowest BCUT2D eigenvalue weighted by molar-refractivity contribution is 0.220. The summed E-state index contributed by atoms with van der Waals surface area (Å²) in [6.45, 7) is 7.72. The highest BCUT2D eigenvalue weighted by molar-refractivity contribution is 5.31. The molecule has 0 saturated heterocycles. The highest BCUT2D eigenvalue weighted by Gasteiger charge is 2.11. The molecule has 3 heteroatoms. The van der Waals surface area contributed by atoms with Gasteiger partial charge in [-0.25, -0.2) is 4.98 Å². The van der Waals surface area contributed by atoms with E-state index in [1.165, 1.54) is 12.0 Å². The van der Waals surface area contributed by atoms with Crippen molar-refractivity contribution in [2.75, 3.05) is 12.8 Å². The molecule has 0 aliphatic heterocycles. The average Bonchev–Trinajstić information content (AvgIpc) is 2.16. The van der Waals surface area contributed by atoms with E-state index in [1.54, 1.807) is 6.20 Å². The fraction of sp³-hybridized carbons (Fsp3) is 0.615. The number of nitrogen functional groups attached to an aromatic ring is 1. The van der Waals surface area contributed by atoms with E-state index in [4.69, 9.17) is 5.73 Å². The topological polar surface area (TPSA) is 42.2 Å². The van der Waals surface area contributed by atoms with Gasteiger partial charge in [0, 0.05) is 18.8 Å². The Hall–Kier alpha value is -1.09. The van der Waals surface area contributed by atoms with Crippen molar-refractivity contribution in [3.8, 4) is 0 Å². The van der Waals surface area contributed by atoms with Crippen molar-refractivity contribution in [1.29, 1.82) is 0 Å². The number of nitrogens with two attached hydrogens (primary N) is 1. The van der Waals surface area contributed by atoms with Gasteiger partial charge < -0.3 is 5.73 Å². The lowest BCUT2D eigenvalue weighted by atomic mass is 10.0. The molecule has 0 bridgehead atoms. The number of nitrogens with zero attached hydrogens (tertiary/aromatic N) is 2. The van der Waals surface area contributed by atoms with Gasteiger partial charge in [-0.15, -0.1) is 0 Å². The molecule has 1 atom stereocenters. The van der Waals surface area contributed by atoms with Crippen LogP contribution in [0.15, 0.2) is 18.3 Å². The van der Waals surface area contributed by atoms with Gasteiger partial charge in [-0.1, -0.05) is 13.8 Å². The maximum Gasteiger partial charge on any atom is 0.123 e. The zero-order valence-electron chi connectivity index (χ0n) is 10.8. The van der Waals surface area contributed by atoms with Gasteiger partial charge in [0.05, 0.1) is 0 Å². The highest BCUT2D eigenvalue weighted by atomic mass is 15.1. The summed E-state index contributed by atoms with van der Waals surface area (Å²) in [5.74, 6) is 1.34. The molecule has 2 N–H and O–H groups in total. The summed E-state index contributed by atoms with van der Waals surface area (Å²) < 4.78 is 0. The zero-order valence-corrected chi connectivity index (χ0v) is 10.8. The van der Waals surface area contributed by atoms with Gasteiger partial charge in [0.2, 0.25) is 0 Å². The number of hydrogen-bond acceptors (Lipinski definition) is 3. The molecule has 0 aromatic carbocycles. The van der Waals surface area contributed by atoms with Crippen LogP contribution in [-0.4, -0.2) is 23.0 Å². The van der Waals surface area contributed by atoms with Gasteiger partial charge >= 0.3 is 0 Å². The van der Waals surface area contributed by atoms with Crippen LogP contribution in [0.4, 0.5) is 5.82 Å². The lowest BCUT2D eigenvalue weighted by Crippen LogP contribution is -2.29. The highest BCUT2D eigenvalue weighted by Crippen LogP contribution is 2.13. The molecule has 1 heterocycles. The van der Waals surface area contributed by atoms with Crippen LogP contribution in [0.2, 0.25) is 0 Å². The average molecular weight is 221 g/mol. The van der Waals surface area contributed by atoms with Gasteiger partial charge in [-0.05, 0) is 44.0 Å². The van der Waals surface area contributed by atoms with Crippen LogP contribution < -0.4 is 5.73 Å². The first-order chi connectivity index (χ1) is 7.49. The molecule has 1 aromatic heterocycles. The maximum atomic E-state index is 5.66. The summed E-state index contributed by atoms with van der Waals surface area (Å²) in [4.78, 5) is 6.36. The van der Waals surface area contributed by atoms with Crippen LogP contribution in [0, 0.1) is 5.92 Å². The zero-order chi connectivity index (χ0) is 12.1. The second-order valence-electron chi connectivity index (χ2n) is 4.98. The minimum Gasteiger partial charge on any atom is -0.384 e. The summed E-state index contributed by atoms with van der Waals surface area (Å²) in [6, 6.07) is 4.56. The third-order valence-corrected chi connectivity index (χ3v) is 2.84. The second kappa shape index (κ2) is 5.85. The first-order valence-corrected chi connectivity index (χ1v) is 5.89. The van der Waals surface area contributed by atoms with Gasteiger partial charge in [0.15, 0.2) is 0 Å². The Morgan fingerprint density at radius 2 is 2.06 bits per heavy atom. The van der Waals surface area contributed by atoms with Gasteiger partial charge in [0.25, 0.3) is 0 Å². The second-order valence-corrected chi connectivity index (χ2v) is 4.98. The smallest absolute Gasteiger partial charge is 0.123 e. The summed E-state index contributed by atoms with van der Waals surface area (Å²) in [7, 11) is 2.16. The van der Waals surface area contributed by atoms with E-state index in [9.17, 15) is 0 Å². The van der Waals surface area contributed by atoms with Gasteiger partial charge in [0.1, 0.15) is 5.82 Å². The molecular formula is C13H23N3. The van der Waals surface area contributed by atoms with Crippen molar-refractivity contribution < 1.29 is 0 Å². The van der Waals surface area contributed by atoms with Crippen LogP contribution in [0.3, 0.4) is 0 Å². The molecule has 1 aromatic rings. The summed E-state index contributed by atoms with van der Waals surface area (Å²) in [6.07, 6.45) is 2.99. The molecule has 0 saturated carbocycles. The van der Waals surface area contributed by atoms with E-state index >= 15 is 0 Å². The third-order valence-electron chi connectivity index (χ3n) is 2.84. The fourth-order valence-electron chi connectivity index (χ4n) is 1.90. The SMILES string of the molecule is CC(C)CC(C)N(C)Cc1ccnc(N)c1. The summed E-state index contributed by atoms with van der Waals surface area (Å²) in [5.41, 5.74) is 6.89. The quantitative estimate of drug-likeness (QED) is 0.830. The number of pyridine rings is 1. The molecule has 0 radical (unpaired) electrons. The molecule has 0 spiro atoms. The molecule has 0 aliphatic rings. The van der Waals surface area contributed by atoms with Crippen LogP contribution in [-0.2, 0) is 6.54 Å². The Bertz CT molecular complexity index is 323. The molecule has 0 aliphatic carbocycles. The van der Waals surface area contributed by atoms with Crippen LogP contribution in [0.5, 0.6) is 0 Å². The van der Waals surface area contributed by atoms with Crippen molar-refractivity contribution in [2.24, 2.45) is 5.92 Å². The molecule has 1 rings (SSSR count).